The Hall–Kier alpha value is -5.24. The highest BCUT2D eigenvalue weighted by Crippen LogP contribution is 2.55. The molecule has 0 saturated carbocycles. The fourth-order valence-corrected chi connectivity index (χ4v) is 12.2. The van der Waals surface area contributed by atoms with Crippen molar-refractivity contribution in [1.82, 2.24) is 19.6 Å². The number of phenolic OH excluding ortho intramolecular Hbond substituents is 8. The number of hydrogen-bond donors (Lipinski definition) is 12. The van der Waals surface area contributed by atoms with Crippen molar-refractivity contribution < 1.29 is 92.7 Å². The van der Waals surface area contributed by atoms with Crippen LogP contribution in [0.1, 0.15) is 116 Å². The molecule has 1 aliphatic carbocycles. The Bertz CT molecular complexity index is 2760. The van der Waals surface area contributed by atoms with Crippen molar-refractivity contribution in [2.75, 3.05) is 79.4 Å². The standard InChI is InChI=1S/C48H68N4O20S4/c1-49(2)21-37-41(53)29-17-30(42(37)54)26(10-14-74(64,65)66)32-19-34(46(58)39(44(32)56)23-51(5)6)28(12-16-76(70,71)72)36-20-35(47(59)40(48(36)60)24-52(7)8)27(11-15-75(67,68)69)33-18-31(25(29)9-13-73(61,62)63)43(55)38(45(33)57)22-50(3)4/h17-20,25-28,53-60H,9-16,21-24H2,1-8H3,(H,61,62,63)(H,64,65,66)(H,67,68,69)(H,70,71,72). The molecule has 0 unspecified atom stereocenters. The lowest BCUT2D eigenvalue weighted by molar-refractivity contribution is 0.357. The lowest BCUT2D eigenvalue weighted by atomic mass is 9.75. The molecule has 0 aromatic heterocycles. The summed E-state index contributed by atoms with van der Waals surface area (Å²) in [5, 5.41) is 99.4. The molecule has 0 spiro atoms. The molecule has 4 aromatic rings. The first kappa shape index (κ1) is 61.6. The van der Waals surface area contributed by atoms with Crippen molar-refractivity contribution in [2.24, 2.45) is 0 Å². The van der Waals surface area contributed by atoms with Crippen LogP contribution in [-0.4, -0.2) is 192 Å². The molecular formula is C48H68N4O20S4. The fraction of sp³-hybridized carbons (Fsp3) is 0.500. The highest BCUT2D eigenvalue weighted by Gasteiger charge is 2.39. The lowest BCUT2D eigenvalue weighted by Gasteiger charge is -2.32. The summed E-state index contributed by atoms with van der Waals surface area (Å²) in [5.74, 6) is -16.9. The van der Waals surface area contributed by atoms with Gasteiger partial charge in [-0.05, 0) is 106 Å². The molecule has 8 bridgehead atoms. The average Bonchev–Trinajstić information content (AvgIpc) is 3.26. The van der Waals surface area contributed by atoms with Crippen LogP contribution in [0.2, 0.25) is 0 Å². The predicted octanol–water partition coefficient (Wildman–Crippen LogP) is 3.53. The molecule has 0 saturated heterocycles. The molecule has 0 atom stereocenters. The van der Waals surface area contributed by atoms with Crippen LogP contribution < -0.4 is 0 Å². The molecule has 12 N–H and O–H groups in total. The molecule has 0 aliphatic heterocycles. The quantitative estimate of drug-likeness (QED) is 0.0563. The van der Waals surface area contributed by atoms with Crippen LogP contribution in [0.15, 0.2) is 24.3 Å². The van der Waals surface area contributed by atoms with Gasteiger partial charge in [0.2, 0.25) is 0 Å². The van der Waals surface area contributed by atoms with Gasteiger partial charge in [-0.2, -0.15) is 33.7 Å². The minimum atomic E-state index is -4.93. The number of benzene rings is 4. The van der Waals surface area contributed by atoms with Crippen LogP contribution in [0.25, 0.3) is 0 Å². The number of nitrogens with zero attached hydrogens (tertiary/aromatic N) is 4. The molecule has 1 aliphatic rings. The van der Waals surface area contributed by atoms with Crippen LogP contribution in [0.3, 0.4) is 0 Å². The molecule has 5 rings (SSSR count). The Labute approximate surface area is 442 Å². The van der Waals surface area contributed by atoms with Gasteiger partial charge < -0.3 is 60.5 Å². The molecule has 0 amide bonds. The Kier molecular flexibility index (Phi) is 19.0. The summed E-state index contributed by atoms with van der Waals surface area (Å²) >= 11 is 0. The third kappa shape index (κ3) is 14.7. The van der Waals surface area contributed by atoms with Gasteiger partial charge in [0.05, 0.1) is 45.3 Å². The zero-order valence-corrected chi connectivity index (χ0v) is 46.4. The van der Waals surface area contributed by atoms with Gasteiger partial charge in [-0.15, -0.1) is 0 Å². The van der Waals surface area contributed by atoms with Crippen molar-refractivity contribution in [3.05, 3.63) is 91.0 Å². The van der Waals surface area contributed by atoms with Gasteiger partial charge in [-0.1, -0.05) is 0 Å². The second-order valence-corrected chi connectivity index (χ2v) is 26.7. The lowest BCUT2D eigenvalue weighted by Crippen LogP contribution is -2.20. The molecule has 0 heterocycles. The maximum Gasteiger partial charge on any atom is 0.264 e. The Morgan fingerprint density at radius 2 is 0.434 bits per heavy atom. The Morgan fingerprint density at radius 3 is 0.539 bits per heavy atom. The van der Waals surface area contributed by atoms with E-state index in [1.165, 1.54) is 76.0 Å². The number of phenols is 8. The van der Waals surface area contributed by atoms with Gasteiger partial charge in [-0.25, -0.2) is 0 Å². The topological polar surface area (TPSA) is 392 Å². The Balaban J connectivity index is 2.27. The van der Waals surface area contributed by atoms with E-state index in [9.17, 15) is 92.7 Å². The van der Waals surface area contributed by atoms with Crippen LogP contribution in [0.5, 0.6) is 46.0 Å². The first-order chi connectivity index (χ1) is 34.8. The normalized spacial score (nSPS) is 17.6. The van der Waals surface area contributed by atoms with Gasteiger partial charge in [0, 0.05) is 94.4 Å². The minimum Gasteiger partial charge on any atom is -0.507 e. The van der Waals surface area contributed by atoms with E-state index in [0.29, 0.717) is 0 Å². The van der Waals surface area contributed by atoms with Crippen molar-refractivity contribution in [1.29, 1.82) is 0 Å². The molecule has 0 fully saturated rings. The van der Waals surface area contributed by atoms with Crippen LogP contribution in [-0.2, 0) is 66.7 Å². The molecule has 76 heavy (non-hydrogen) atoms. The summed E-state index contributed by atoms with van der Waals surface area (Å²) in [6.07, 6.45) is -2.88. The molecule has 4 aromatic carbocycles. The smallest absolute Gasteiger partial charge is 0.264 e. The SMILES string of the molecule is CN(C)Cc1c(O)c2cc(c1O)C(CCS(=O)(=O)O)c1cc(c(O)c(CN(C)C)c1O)C(CCS(=O)(=O)O)c1cc(c(O)c(CN(C)C)c1O)C(CCS(=O)(=O)O)c1cc(c(O)c(CN(C)C)c1O)C2CCS(=O)(=O)O. The van der Waals surface area contributed by atoms with Gasteiger partial charge in [0.25, 0.3) is 40.5 Å². The zero-order chi connectivity index (χ0) is 57.5. The number of aromatic hydroxyl groups is 8. The van der Waals surface area contributed by atoms with Gasteiger partial charge in [-0.3, -0.25) is 18.2 Å². The fourth-order valence-electron chi connectivity index (χ4n) is 10.0. The summed E-state index contributed by atoms with van der Waals surface area (Å²) in [5.41, 5.74) is -3.80. The number of fused-ring (bicyclic) bond motifs is 8. The Morgan fingerprint density at radius 1 is 0.303 bits per heavy atom. The average molecular weight is 1150 g/mol. The van der Waals surface area contributed by atoms with E-state index in [4.69, 9.17) is 0 Å². The molecule has 24 nitrogen and oxygen atoms in total. The van der Waals surface area contributed by atoms with Crippen molar-refractivity contribution in [3.8, 4) is 46.0 Å². The van der Waals surface area contributed by atoms with E-state index in [-0.39, 0.29) is 92.9 Å². The van der Waals surface area contributed by atoms with E-state index in [1.54, 1.807) is 0 Å². The van der Waals surface area contributed by atoms with Crippen molar-refractivity contribution in [3.63, 3.8) is 0 Å². The summed E-state index contributed by atoms with van der Waals surface area (Å²) in [6.45, 7) is -1.32. The van der Waals surface area contributed by atoms with E-state index >= 15 is 0 Å². The first-order valence-corrected chi connectivity index (χ1v) is 30.0. The highest BCUT2D eigenvalue weighted by atomic mass is 32.2. The van der Waals surface area contributed by atoms with E-state index in [0.717, 1.165) is 24.3 Å². The summed E-state index contributed by atoms with van der Waals surface area (Å²) < 4.78 is 143. The monoisotopic (exact) mass is 1150 g/mol. The van der Waals surface area contributed by atoms with E-state index in [2.05, 4.69) is 0 Å². The number of rotatable bonds is 20. The molecular weight excluding hydrogens is 1080 g/mol. The van der Waals surface area contributed by atoms with Gasteiger partial charge >= 0.3 is 0 Å². The zero-order valence-electron chi connectivity index (χ0n) is 43.2. The second-order valence-electron chi connectivity index (χ2n) is 20.4. The number of hydrogen-bond acceptors (Lipinski definition) is 20. The van der Waals surface area contributed by atoms with Crippen LogP contribution in [0.4, 0.5) is 0 Å². The molecule has 28 heteroatoms. The maximum atomic E-state index is 12.7. The van der Waals surface area contributed by atoms with E-state index < -0.39 is 159 Å². The highest BCUT2D eigenvalue weighted by molar-refractivity contribution is 7.86. The molecule has 424 valence electrons. The maximum absolute atomic E-state index is 12.7. The van der Waals surface area contributed by atoms with E-state index in [1.807, 2.05) is 0 Å². The molecule has 0 radical (unpaired) electrons. The minimum absolute atomic E-state index is 0.304. The van der Waals surface area contributed by atoms with Gasteiger partial charge in [0.1, 0.15) is 46.0 Å². The summed E-state index contributed by atoms with van der Waals surface area (Å²) in [4.78, 5) is 5.95. The van der Waals surface area contributed by atoms with Gasteiger partial charge in [0.15, 0.2) is 0 Å². The summed E-state index contributed by atoms with van der Waals surface area (Å²) in [7, 11) is -7.44. The van der Waals surface area contributed by atoms with Crippen molar-refractivity contribution >= 4 is 40.5 Å². The first-order valence-electron chi connectivity index (χ1n) is 23.5. The summed E-state index contributed by atoms with van der Waals surface area (Å²) in [6, 6.07) is 4.42. The van der Waals surface area contributed by atoms with Crippen molar-refractivity contribution in [2.45, 2.75) is 75.5 Å². The van der Waals surface area contributed by atoms with Crippen LogP contribution >= 0.6 is 0 Å². The third-order valence-corrected chi connectivity index (χ3v) is 16.3. The second kappa shape index (κ2) is 23.4. The predicted molar refractivity (Wildman–Crippen MR) is 280 cm³/mol. The third-order valence-electron chi connectivity index (χ3n) is 13.3. The van der Waals surface area contributed by atoms with Crippen LogP contribution in [0, 0.1) is 0 Å². The largest absolute Gasteiger partial charge is 0.507 e.